The molecule has 0 saturated carbocycles. The lowest BCUT2D eigenvalue weighted by Gasteiger charge is -2.37. The van der Waals surface area contributed by atoms with Crippen molar-refractivity contribution >= 4 is 47.4 Å². The first-order chi connectivity index (χ1) is 17.0. The van der Waals surface area contributed by atoms with Crippen molar-refractivity contribution in [3.8, 4) is 0 Å². The Hall–Kier alpha value is -4.44. The Kier molecular flexibility index (Phi) is 6.38. The van der Waals surface area contributed by atoms with Gasteiger partial charge in [-0.05, 0) is 6.08 Å². The van der Waals surface area contributed by atoms with E-state index in [1.807, 2.05) is 0 Å². The summed E-state index contributed by atoms with van der Waals surface area (Å²) in [6, 6.07) is -4.72. The molecule has 6 amide bonds. The molecule has 190 valence electrons. The standard InChI is InChI=1S/C20H18N4O12/c25-9-1-2-10(26)21(9)17(19(33)35-23-13(29)5-6-14(23)30)18(22-11(27)3-4-12(22)28)20(34)36-24-15(31)7-8-16(24)32/h1-4,9,13,17-18,25,29H,5-8H2. The van der Waals surface area contributed by atoms with E-state index in [2.05, 4.69) is 0 Å². The molecular weight excluding hydrogens is 488 g/mol. The highest BCUT2D eigenvalue weighted by Gasteiger charge is 2.54. The largest absolute Gasteiger partial charge is 0.370 e. The molecule has 16 heteroatoms. The van der Waals surface area contributed by atoms with Crippen molar-refractivity contribution in [2.45, 2.75) is 50.2 Å². The predicted molar refractivity (Wildman–Crippen MR) is 106 cm³/mol. The number of hydrogen-bond donors (Lipinski definition) is 2. The lowest BCUT2D eigenvalue weighted by Crippen LogP contribution is -2.64. The van der Waals surface area contributed by atoms with Crippen LogP contribution in [-0.2, 0) is 48.0 Å². The molecule has 0 aromatic heterocycles. The Balaban J connectivity index is 1.75. The van der Waals surface area contributed by atoms with Crippen molar-refractivity contribution in [2.75, 3.05) is 0 Å². The third-order valence-corrected chi connectivity index (χ3v) is 5.66. The van der Waals surface area contributed by atoms with Crippen LogP contribution >= 0.6 is 0 Å². The number of carbonyl (C=O) groups excluding carboxylic acids is 8. The predicted octanol–water partition coefficient (Wildman–Crippen LogP) is -3.63. The van der Waals surface area contributed by atoms with Crippen LogP contribution in [0.5, 0.6) is 0 Å². The van der Waals surface area contributed by atoms with E-state index in [0.29, 0.717) is 4.90 Å². The van der Waals surface area contributed by atoms with Crippen molar-refractivity contribution in [3.63, 3.8) is 0 Å². The van der Waals surface area contributed by atoms with Gasteiger partial charge in [0.2, 0.25) is 5.91 Å². The molecule has 2 saturated heterocycles. The second kappa shape index (κ2) is 9.31. The third kappa shape index (κ3) is 4.22. The van der Waals surface area contributed by atoms with Crippen LogP contribution in [-0.4, -0.2) is 102 Å². The topological polar surface area (TPSA) is 208 Å². The third-order valence-electron chi connectivity index (χ3n) is 5.66. The number of rotatable bonds is 7. The first-order valence-corrected chi connectivity index (χ1v) is 10.5. The van der Waals surface area contributed by atoms with E-state index in [4.69, 9.17) is 9.68 Å². The monoisotopic (exact) mass is 506 g/mol. The minimum Gasteiger partial charge on any atom is -0.370 e. The number of imide groups is 2. The molecular formula is C20H18N4O12. The van der Waals surface area contributed by atoms with Gasteiger partial charge in [-0.3, -0.25) is 38.6 Å². The highest BCUT2D eigenvalue weighted by Crippen LogP contribution is 2.27. The van der Waals surface area contributed by atoms with Gasteiger partial charge in [0.25, 0.3) is 29.5 Å². The van der Waals surface area contributed by atoms with Crippen molar-refractivity contribution in [1.29, 1.82) is 0 Å². The van der Waals surface area contributed by atoms with Gasteiger partial charge >= 0.3 is 11.9 Å². The van der Waals surface area contributed by atoms with E-state index in [-0.39, 0.29) is 40.7 Å². The number of hydrogen-bond acceptors (Lipinski definition) is 12. The van der Waals surface area contributed by atoms with Gasteiger partial charge in [-0.1, -0.05) is 0 Å². The normalized spacial score (nSPS) is 25.5. The number of amides is 6. The minimum atomic E-state index is -2.39. The Labute approximate surface area is 200 Å². The first-order valence-electron chi connectivity index (χ1n) is 10.5. The Morgan fingerprint density at radius 3 is 1.86 bits per heavy atom. The molecule has 4 rings (SSSR count). The van der Waals surface area contributed by atoms with Crippen molar-refractivity contribution in [1.82, 2.24) is 19.9 Å². The fourth-order valence-corrected chi connectivity index (χ4v) is 3.95. The minimum absolute atomic E-state index is 0.0877. The van der Waals surface area contributed by atoms with Crippen LogP contribution in [0.1, 0.15) is 25.7 Å². The number of nitrogens with zero attached hydrogens (tertiary/aromatic N) is 4. The zero-order valence-corrected chi connectivity index (χ0v) is 18.2. The Bertz CT molecular complexity index is 1110. The molecule has 36 heavy (non-hydrogen) atoms. The van der Waals surface area contributed by atoms with Gasteiger partial charge in [0.1, 0.15) is 6.23 Å². The SMILES string of the molecule is O=C(ON1C(=O)CCC1=O)C(C(C(=O)ON1C(=O)CCC1O)N1C(=O)C=CC1O)N1C(=O)C=CC1=O. The van der Waals surface area contributed by atoms with E-state index in [1.165, 1.54) is 0 Å². The molecule has 4 heterocycles. The lowest BCUT2D eigenvalue weighted by atomic mass is 10.0. The molecule has 0 spiro atoms. The van der Waals surface area contributed by atoms with Crippen LogP contribution in [0.25, 0.3) is 0 Å². The fourth-order valence-electron chi connectivity index (χ4n) is 3.95. The van der Waals surface area contributed by atoms with Crippen LogP contribution in [0, 0.1) is 0 Å². The van der Waals surface area contributed by atoms with E-state index >= 15 is 0 Å². The fraction of sp³-hybridized carbons (Fsp3) is 0.400. The van der Waals surface area contributed by atoms with Crippen molar-refractivity contribution < 1.29 is 58.2 Å². The maximum absolute atomic E-state index is 13.3. The summed E-state index contributed by atoms with van der Waals surface area (Å²) in [5, 5.41) is 20.6. The molecule has 0 aliphatic carbocycles. The first kappa shape index (κ1) is 24.7. The molecule has 4 unspecified atom stereocenters. The van der Waals surface area contributed by atoms with Gasteiger partial charge in [-0.2, -0.15) is 0 Å². The summed E-state index contributed by atoms with van der Waals surface area (Å²) in [5.74, 6) is -9.30. The highest BCUT2D eigenvalue weighted by atomic mass is 16.7. The molecule has 0 bridgehead atoms. The van der Waals surface area contributed by atoms with Crippen LogP contribution < -0.4 is 0 Å². The Morgan fingerprint density at radius 2 is 1.36 bits per heavy atom. The van der Waals surface area contributed by atoms with Crippen LogP contribution in [0.15, 0.2) is 24.3 Å². The van der Waals surface area contributed by atoms with E-state index < -0.39 is 71.9 Å². The van der Waals surface area contributed by atoms with Gasteiger partial charge in [-0.25, -0.2) is 9.59 Å². The lowest BCUT2D eigenvalue weighted by molar-refractivity contribution is -0.229. The summed E-state index contributed by atoms with van der Waals surface area (Å²) in [4.78, 5) is 110. The van der Waals surface area contributed by atoms with Crippen molar-refractivity contribution in [3.05, 3.63) is 24.3 Å². The quantitative estimate of drug-likeness (QED) is 0.321. The molecule has 16 nitrogen and oxygen atoms in total. The zero-order valence-electron chi connectivity index (χ0n) is 18.2. The number of aliphatic hydroxyl groups excluding tert-OH is 2. The molecule has 4 atom stereocenters. The van der Waals surface area contributed by atoms with Gasteiger partial charge in [0.05, 0.1) is 0 Å². The molecule has 4 aliphatic heterocycles. The maximum Gasteiger partial charge on any atom is 0.358 e. The van der Waals surface area contributed by atoms with E-state index in [1.54, 1.807) is 0 Å². The van der Waals surface area contributed by atoms with Crippen LogP contribution in [0.4, 0.5) is 0 Å². The van der Waals surface area contributed by atoms with Gasteiger partial charge in [0.15, 0.2) is 18.3 Å². The molecule has 0 aromatic carbocycles. The molecule has 0 radical (unpaired) electrons. The van der Waals surface area contributed by atoms with Crippen LogP contribution in [0.3, 0.4) is 0 Å². The van der Waals surface area contributed by atoms with E-state index in [0.717, 1.165) is 24.3 Å². The average molecular weight is 506 g/mol. The second-order valence-electron chi connectivity index (χ2n) is 7.93. The van der Waals surface area contributed by atoms with Gasteiger partial charge < -0.3 is 19.9 Å². The van der Waals surface area contributed by atoms with E-state index in [9.17, 15) is 48.6 Å². The van der Waals surface area contributed by atoms with Crippen molar-refractivity contribution in [2.24, 2.45) is 0 Å². The summed E-state index contributed by atoms with van der Waals surface area (Å²) in [7, 11) is 0. The average Bonchev–Trinajstić information content (AvgIpc) is 3.53. The smallest absolute Gasteiger partial charge is 0.358 e. The summed E-state index contributed by atoms with van der Waals surface area (Å²) >= 11 is 0. The zero-order chi connectivity index (χ0) is 26.3. The number of aliphatic hydroxyl groups is 2. The molecule has 2 fully saturated rings. The molecule has 4 aliphatic rings. The highest BCUT2D eigenvalue weighted by molar-refractivity contribution is 6.16. The summed E-state index contributed by atoms with van der Waals surface area (Å²) in [6.07, 6.45) is -1.12. The maximum atomic E-state index is 13.3. The summed E-state index contributed by atoms with van der Waals surface area (Å²) in [5.41, 5.74) is 0. The van der Waals surface area contributed by atoms with Gasteiger partial charge in [0, 0.05) is 43.9 Å². The summed E-state index contributed by atoms with van der Waals surface area (Å²) in [6.45, 7) is 0. The second-order valence-corrected chi connectivity index (χ2v) is 7.93. The van der Waals surface area contributed by atoms with Crippen LogP contribution in [0.2, 0.25) is 0 Å². The number of hydroxylamine groups is 4. The van der Waals surface area contributed by atoms with Gasteiger partial charge in [-0.15, -0.1) is 10.1 Å². The summed E-state index contributed by atoms with van der Waals surface area (Å²) < 4.78 is 0. The molecule has 2 N–H and O–H groups in total. The molecule has 0 aromatic rings. The number of carbonyl (C=O) groups is 8. The Morgan fingerprint density at radius 1 is 0.778 bits per heavy atom.